The standard InChI is InChI=1S/C25H30N4O3/c1-17(2)19-11-7-12-20(15-19)22-26-23-21(29(22)16-18-9-5-4-6-10-18)24(31)28(13-8-14-30)25(32)27(23)3/h4-7,9-11,15,17,20,30H,8,12-14,16H2,1-3H3. The minimum atomic E-state index is -0.409. The molecule has 7 nitrogen and oxygen atoms in total. The Labute approximate surface area is 187 Å². The van der Waals surface area contributed by atoms with Crippen molar-refractivity contribution < 1.29 is 5.11 Å². The number of allylic oxidation sites excluding steroid dienone is 4. The van der Waals surface area contributed by atoms with Crippen LogP contribution >= 0.6 is 0 Å². The molecule has 0 fully saturated rings. The van der Waals surface area contributed by atoms with E-state index in [1.807, 2.05) is 34.9 Å². The van der Waals surface area contributed by atoms with Crippen molar-refractivity contribution in [3.63, 3.8) is 0 Å². The van der Waals surface area contributed by atoms with E-state index in [9.17, 15) is 14.7 Å². The minimum absolute atomic E-state index is 0.0221. The maximum absolute atomic E-state index is 13.5. The van der Waals surface area contributed by atoms with Gasteiger partial charge in [-0.2, -0.15) is 0 Å². The van der Waals surface area contributed by atoms with Crippen LogP contribution in [0.25, 0.3) is 11.2 Å². The molecule has 32 heavy (non-hydrogen) atoms. The lowest BCUT2D eigenvalue weighted by atomic mass is 9.90. The lowest BCUT2D eigenvalue weighted by Gasteiger charge is -2.20. The van der Waals surface area contributed by atoms with Crippen molar-refractivity contribution in [1.82, 2.24) is 18.7 Å². The summed E-state index contributed by atoms with van der Waals surface area (Å²) in [5, 5.41) is 9.23. The van der Waals surface area contributed by atoms with Gasteiger partial charge in [0, 0.05) is 32.7 Å². The van der Waals surface area contributed by atoms with E-state index in [1.165, 1.54) is 14.7 Å². The Kier molecular flexibility index (Phi) is 6.28. The highest BCUT2D eigenvalue weighted by Crippen LogP contribution is 2.31. The van der Waals surface area contributed by atoms with E-state index in [0.29, 0.717) is 30.0 Å². The molecule has 0 saturated heterocycles. The van der Waals surface area contributed by atoms with E-state index in [4.69, 9.17) is 4.98 Å². The second-order valence-corrected chi connectivity index (χ2v) is 8.66. The number of benzene rings is 1. The van der Waals surface area contributed by atoms with Gasteiger partial charge in [-0.1, -0.05) is 62.4 Å². The molecule has 1 aromatic carbocycles. The second-order valence-electron chi connectivity index (χ2n) is 8.66. The smallest absolute Gasteiger partial charge is 0.332 e. The molecule has 0 spiro atoms. The molecule has 0 aliphatic heterocycles. The van der Waals surface area contributed by atoms with Gasteiger partial charge in [-0.15, -0.1) is 0 Å². The van der Waals surface area contributed by atoms with Crippen molar-refractivity contribution >= 4 is 11.2 Å². The molecule has 1 N–H and O–H groups in total. The quantitative estimate of drug-likeness (QED) is 0.620. The highest BCUT2D eigenvalue weighted by Gasteiger charge is 2.25. The van der Waals surface area contributed by atoms with Crippen molar-refractivity contribution in [2.24, 2.45) is 13.0 Å². The zero-order valence-electron chi connectivity index (χ0n) is 18.9. The second kappa shape index (κ2) is 9.12. The van der Waals surface area contributed by atoms with Gasteiger partial charge in [-0.25, -0.2) is 9.78 Å². The summed E-state index contributed by atoms with van der Waals surface area (Å²) < 4.78 is 4.63. The van der Waals surface area contributed by atoms with Crippen LogP contribution in [0.4, 0.5) is 0 Å². The van der Waals surface area contributed by atoms with E-state index in [0.717, 1.165) is 17.8 Å². The number of imidazole rings is 1. The molecule has 1 atom stereocenters. The fourth-order valence-electron chi connectivity index (χ4n) is 4.30. The first-order chi connectivity index (χ1) is 15.4. The molecule has 0 saturated carbocycles. The van der Waals surface area contributed by atoms with Gasteiger partial charge < -0.3 is 9.67 Å². The first kappa shape index (κ1) is 22.0. The number of fused-ring (bicyclic) bond motifs is 1. The molecule has 1 unspecified atom stereocenters. The topological polar surface area (TPSA) is 82.1 Å². The maximum atomic E-state index is 13.5. The average molecular weight is 435 g/mol. The van der Waals surface area contributed by atoms with E-state index >= 15 is 0 Å². The van der Waals surface area contributed by atoms with Crippen molar-refractivity contribution in [2.45, 2.75) is 45.7 Å². The molecule has 2 aromatic heterocycles. The maximum Gasteiger partial charge on any atom is 0.332 e. The van der Waals surface area contributed by atoms with Crippen LogP contribution in [0, 0.1) is 5.92 Å². The van der Waals surface area contributed by atoms with Crippen LogP contribution < -0.4 is 11.2 Å². The van der Waals surface area contributed by atoms with Gasteiger partial charge >= 0.3 is 5.69 Å². The molecule has 3 aromatic rings. The van der Waals surface area contributed by atoms with E-state index < -0.39 is 5.69 Å². The molecular formula is C25H30N4O3. The Bertz CT molecular complexity index is 1290. The predicted molar refractivity (Wildman–Crippen MR) is 126 cm³/mol. The summed E-state index contributed by atoms with van der Waals surface area (Å²) in [5.74, 6) is 1.20. The number of hydrogen-bond acceptors (Lipinski definition) is 4. The Balaban J connectivity index is 1.97. The third kappa shape index (κ3) is 4.00. The van der Waals surface area contributed by atoms with Crippen molar-refractivity contribution in [3.8, 4) is 0 Å². The van der Waals surface area contributed by atoms with Crippen LogP contribution in [0.15, 0.2) is 63.7 Å². The highest BCUT2D eigenvalue weighted by atomic mass is 16.3. The normalized spacial score (nSPS) is 16.2. The third-order valence-electron chi connectivity index (χ3n) is 6.08. The Hall–Kier alpha value is -3.19. The molecule has 7 heteroatoms. The number of aryl methyl sites for hydroxylation is 1. The van der Waals surface area contributed by atoms with E-state index in [-0.39, 0.29) is 24.6 Å². The molecule has 0 bridgehead atoms. The fourth-order valence-corrected chi connectivity index (χ4v) is 4.30. The number of hydrogen-bond donors (Lipinski definition) is 1. The first-order valence-corrected chi connectivity index (χ1v) is 11.1. The van der Waals surface area contributed by atoms with Crippen molar-refractivity contribution in [3.05, 3.63) is 86.4 Å². The van der Waals surface area contributed by atoms with E-state index in [1.54, 1.807) is 7.05 Å². The Morgan fingerprint density at radius 3 is 2.59 bits per heavy atom. The average Bonchev–Trinajstić information content (AvgIpc) is 3.18. The summed E-state index contributed by atoms with van der Waals surface area (Å²) in [6.07, 6.45) is 7.68. The number of rotatable bonds is 7. The third-order valence-corrected chi connectivity index (χ3v) is 6.08. The van der Waals surface area contributed by atoms with Gasteiger partial charge in [-0.05, 0) is 29.9 Å². The van der Waals surface area contributed by atoms with Gasteiger partial charge in [0.1, 0.15) is 5.82 Å². The molecule has 168 valence electrons. The molecular weight excluding hydrogens is 404 g/mol. The zero-order valence-corrected chi connectivity index (χ0v) is 18.9. The summed E-state index contributed by atoms with van der Waals surface area (Å²) in [6, 6.07) is 9.97. The van der Waals surface area contributed by atoms with Gasteiger partial charge in [0.05, 0.1) is 0 Å². The van der Waals surface area contributed by atoms with Gasteiger partial charge in [0.25, 0.3) is 5.56 Å². The molecule has 1 aliphatic carbocycles. The Morgan fingerprint density at radius 1 is 1.16 bits per heavy atom. The first-order valence-electron chi connectivity index (χ1n) is 11.1. The predicted octanol–water partition coefficient (Wildman–Crippen LogP) is 2.95. The minimum Gasteiger partial charge on any atom is -0.396 e. The van der Waals surface area contributed by atoms with E-state index in [2.05, 4.69) is 32.1 Å². The van der Waals surface area contributed by atoms with Crippen LogP contribution in [0.3, 0.4) is 0 Å². The van der Waals surface area contributed by atoms with Crippen molar-refractivity contribution in [2.75, 3.05) is 6.61 Å². The van der Waals surface area contributed by atoms with Crippen LogP contribution in [-0.4, -0.2) is 30.4 Å². The highest BCUT2D eigenvalue weighted by molar-refractivity contribution is 5.71. The largest absolute Gasteiger partial charge is 0.396 e. The SMILES string of the molecule is CC(C)C1=CC(c2nc3c(c(=O)n(CCCO)c(=O)n3C)n2Cc2ccccc2)CC=C1. The molecule has 4 rings (SSSR count). The summed E-state index contributed by atoms with van der Waals surface area (Å²) in [6.45, 7) is 4.90. The zero-order chi connectivity index (χ0) is 22.8. The Morgan fingerprint density at radius 2 is 1.91 bits per heavy atom. The fraction of sp³-hybridized carbons (Fsp3) is 0.400. The molecule has 1 aliphatic rings. The lowest BCUT2D eigenvalue weighted by Crippen LogP contribution is -2.40. The molecule has 2 heterocycles. The summed E-state index contributed by atoms with van der Waals surface area (Å²) in [5.41, 5.74) is 2.37. The van der Waals surface area contributed by atoms with Crippen LogP contribution in [0.2, 0.25) is 0 Å². The molecule has 0 amide bonds. The summed E-state index contributed by atoms with van der Waals surface area (Å²) in [7, 11) is 1.65. The monoisotopic (exact) mass is 434 g/mol. The van der Waals surface area contributed by atoms with Gasteiger partial charge in [0.2, 0.25) is 0 Å². The number of aliphatic hydroxyl groups excluding tert-OH is 1. The number of aromatic nitrogens is 4. The van der Waals surface area contributed by atoms with Crippen LogP contribution in [0.5, 0.6) is 0 Å². The summed E-state index contributed by atoms with van der Waals surface area (Å²) in [4.78, 5) is 31.2. The summed E-state index contributed by atoms with van der Waals surface area (Å²) >= 11 is 0. The molecule has 0 radical (unpaired) electrons. The number of nitrogens with zero attached hydrogens (tertiary/aromatic N) is 4. The van der Waals surface area contributed by atoms with Crippen LogP contribution in [0.1, 0.15) is 44.0 Å². The van der Waals surface area contributed by atoms with Gasteiger partial charge in [0.15, 0.2) is 11.2 Å². The van der Waals surface area contributed by atoms with Crippen molar-refractivity contribution in [1.29, 1.82) is 0 Å². The number of aliphatic hydroxyl groups is 1. The lowest BCUT2D eigenvalue weighted by molar-refractivity contribution is 0.277. The van der Waals surface area contributed by atoms with Crippen LogP contribution in [-0.2, 0) is 20.1 Å². The van der Waals surface area contributed by atoms with Gasteiger partial charge in [-0.3, -0.25) is 13.9 Å².